The highest BCUT2D eigenvalue weighted by atomic mass is 32.2. The van der Waals surface area contributed by atoms with Gasteiger partial charge in [0.05, 0.1) is 12.3 Å². The number of hydrogen-bond acceptors (Lipinski definition) is 5. The average Bonchev–Trinajstić information content (AvgIpc) is 3.18. The van der Waals surface area contributed by atoms with Crippen LogP contribution >= 0.6 is 11.3 Å². The summed E-state index contributed by atoms with van der Waals surface area (Å²) in [7, 11) is -3.60. The molecule has 0 spiro atoms. The smallest absolute Gasteiger partial charge is 0.212 e. The molecule has 1 saturated carbocycles. The second-order valence-electron chi connectivity index (χ2n) is 4.98. The Morgan fingerprint density at radius 3 is 2.76 bits per heavy atom. The Bertz CT molecular complexity index is 741. The molecule has 0 amide bonds. The van der Waals surface area contributed by atoms with E-state index in [1.807, 2.05) is 0 Å². The summed E-state index contributed by atoms with van der Waals surface area (Å²) in [5, 5.41) is 9.63. The molecular weight excluding hydrogens is 313 g/mol. The minimum absolute atomic E-state index is 0.0984. The Kier molecular flexibility index (Phi) is 4.01. The van der Waals surface area contributed by atoms with Crippen LogP contribution in [0.5, 0.6) is 0 Å². The van der Waals surface area contributed by atoms with Gasteiger partial charge in [-0.2, -0.15) is 0 Å². The zero-order valence-corrected chi connectivity index (χ0v) is 12.8. The quantitative estimate of drug-likeness (QED) is 0.882. The van der Waals surface area contributed by atoms with Crippen molar-refractivity contribution in [1.29, 1.82) is 0 Å². The summed E-state index contributed by atoms with van der Waals surface area (Å²) in [6.45, 7) is 0.0984. The van der Waals surface area contributed by atoms with Crippen molar-refractivity contribution >= 4 is 21.4 Å². The molecule has 3 rings (SSSR count). The number of aromatic nitrogens is 2. The molecule has 1 N–H and O–H groups in total. The van der Waals surface area contributed by atoms with Crippen LogP contribution < -0.4 is 4.72 Å². The molecule has 1 aliphatic rings. The molecule has 0 unspecified atom stereocenters. The lowest BCUT2D eigenvalue weighted by atomic mass is 10.2. The van der Waals surface area contributed by atoms with Crippen LogP contribution in [0.1, 0.15) is 34.3 Å². The van der Waals surface area contributed by atoms with Crippen LogP contribution in [0.25, 0.3) is 0 Å². The highest BCUT2D eigenvalue weighted by molar-refractivity contribution is 7.88. The zero-order valence-electron chi connectivity index (χ0n) is 11.1. The zero-order chi connectivity index (χ0) is 14.9. The highest BCUT2D eigenvalue weighted by Gasteiger charge is 2.27. The van der Waals surface area contributed by atoms with Gasteiger partial charge in [-0.1, -0.05) is 29.5 Å². The fourth-order valence-electron chi connectivity index (χ4n) is 1.88. The normalized spacial score (nSPS) is 15.3. The largest absolute Gasteiger partial charge is 0.216 e. The van der Waals surface area contributed by atoms with Gasteiger partial charge in [0, 0.05) is 11.5 Å². The minimum Gasteiger partial charge on any atom is -0.212 e. The lowest BCUT2D eigenvalue weighted by Crippen LogP contribution is -2.25. The summed E-state index contributed by atoms with van der Waals surface area (Å²) < 4.78 is 39.8. The monoisotopic (exact) mass is 327 g/mol. The summed E-state index contributed by atoms with van der Waals surface area (Å²) in [6, 6.07) is 5.85. The predicted octanol–water partition coefficient (Wildman–Crippen LogP) is 2.17. The number of hydrogen-bond donors (Lipinski definition) is 1. The van der Waals surface area contributed by atoms with Gasteiger partial charge in [0.25, 0.3) is 0 Å². The number of sulfonamides is 1. The van der Waals surface area contributed by atoms with Crippen LogP contribution in [0.4, 0.5) is 4.39 Å². The summed E-state index contributed by atoms with van der Waals surface area (Å²) in [6.07, 6.45) is 2.27. The van der Waals surface area contributed by atoms with Gasteiger partial charge < -0.3 is 0 Å². The van der Waals surface area contributed by atoms with Crippen molar-refractivity contribution in [3.8, 4) is 0 Å². The Labute approximate surface area is 126 Å². The van der Waals surface area contributed by atoms with Gasteiger partial charge in [0.15, 0.2) is 0 Å². The topological polar surface area (TPSA) is 72.0 Å². The average molecular weight is 327 g/mol. The van der Waals surface area contributed by atoms with Gasteiger partial charge in [0.1, 0.15) is 15.8 Å². The number of nitrogens with one attached hydrogen (secondary N) is 1. The molecule has 0 bridgehead atoms. The van der Waals surface area contributed by atoms with E-state index in [2.05, 4.69) is 14.9 Å². The molecule has 1 aromatic carbocycles. The molecule has 1 aromatic heterocycles. The summed E-state index contributed by atoms with van der Waals surface area (Å²) in [5.74, 6) is -0.394. The fourth-order valence-corrected chi connectivity index (χ4v) is 4.02. The molecule has 112 valence electrons. The Hall–Kier alpha value is -1.38. The number of rotatable bonds is 6. The molecule has 5 nitrogen and oxygen atoms in total. The first-order valence-electron chi connectivity index (χ1n) is 6.56. The van der Waals surface area contributed by atoms with Crippen LogP contribution in [-0.2, 0) is 22.3 Å². The van der Waals surface area contributed by atoms with Crippen molar-refractivity contribution < 1.29 is 12.8 Å². The lowest BCUT2D eigenvalue weighted by molar-refractivity contribution is 0.574. The van der Waals surface area contributed by atoms with Crippen molar-refractivity contribution in [1.82, 2.24) is 14.9 Å². The van der Waals surface area contributed by atoms with Crippen LogP contribution in [0.3, 0.4) is 0 Å². The molecule has 1 heterocycles. The van der Waals surface area contributed by atoms with Crippen molar-refractivity contribution in [2.75, 3.05) is 0 Å². The minimum atomic E-state index is -3.60. The third-order valence-electron chi connectivity index (χ3n) is 3.16. The first kappa shape index (κ1) is 14.6. The SMILES string of the molecule is O=S(=O)(Cc1ccccc1F)NCc1nnc(C2CC2)s1. The first-order chi connectivity index (χ1) is 10.0. The third-order valence-corrected chi connectivity index (χ3v) is 5.52. The first-order valence-corrected chi connectivity index (χ1v) is 9.03. The molecule has 0 atom stereocenters. The number of benzene rings is 1. The van der Waals surface area contributed by atoms with Gasteiger partial charge >= 0.3 is 0 Å². The molecular formula is C13H14FN3O2S2. The molecule has 0 radical (unpaired) electrons. The summed E-state index contributed by atoms with van der Waals surface area (Å²) in [4.78, 5) is 0. The Morgan fingerprint density at radius 2 is 2.05 bits per heavy atom. The number of nitrogens with zero attached hydrogens (tertiary/aromatic N) is 2. The van der Waals surface area contributed by atoms with E-state index in [1.54, 1.807) is 6.07 Å². The van der Waals surface area contributed by atoms with E-state index in [4.69, 9.17) is 0 Å². The van der Waals surface area contributed by atoms with Crippen LogP contribution in [0.2, 0.25) is 0 Å². The second-order valence-corrected chi connectivity index (χ2v) is 7.88. The highest BCUT2D eigenvalue weighted by Crippen LogP contribution is 2.41. The van der Waals surface area contributed by atoms with Crippen LogP contribution in [-0.4, -0.2) is 18.6 Å². The number of halogens is 1. The van der Waals surface area contributed by atoms with E-state index in [0.717, 1.165) is 17.8 Å². The van der Waals surface area contributed by atoms with E-state index >= 15 is 0 Å². The van der Waals surface area contributed by atoms with E-state index < -0.39 is 15.8 Å². The summed E-state index contributed by atoms with van der Waals surface area (Å²) >= 11 is 1.43. The van der Waals surface area contributed by atoms with Gasteiger partial charge in [-0.05, 0) is 18.9 Å². The third kappa shape index (κ3) is 3.84. The molecule has 0 saturated heterocycles. The van der Waals surface area contributed by atoms with Gasteiger partial charge in [-0.15, -0.1) is 10.2 Å². The van der Waals surface area contributed by atoms with E-state index in [1.165, 1.54) is 29.5 Å². The van der Waals surface area contributed by atoms with Crippen molar-refractivity contribution in [2.24, 2.45) is 0 Å². The van der Waals surface area contributed by atoms with Crippen LogP contribution in [0.15, 0.2) is 24.3 Å². The molecule has 21 heavy (non-hydrogen) atoms. The van der Waals surface area contributed by atoms with Crippen molar-refractivity contribution in [2.45, 2.75) is 31.1 Å². The van der Waals surface area contributed by atoms with Crippen molar-refractivity contribution in [3.05, 3.63) is 45.7 Å². The van der Waals surface area contributed by atoms with E-state index in [0.29, 0.717) is 10.9 Å². The fraction of sp³-hybridized carbons (Fsp3) is 0.385. The molecule has 0 aliphatic heterocycles. The van der Waals surface area contributed by atoms with Gasteiger partial charge in [0.2, 0.25) is 10.0 Å². The maximum absolute atomic E-state index is 13.5. The van der Waals surface area contributed by atoms with E-state index in [-0.39, 0.29) is 17.9 Å². The van der Waals surface area contributed by atoms with Gasteiger partial charge in [-0.3, -0.25) is 0 Å². The standard InChI is InChI=1S/C13H14FN3O2S2/c14-11-4-2-1-3-10(11)8-21(18,19)15-7-12-16-17-13(20-12)9-5-6-9/h1-4,9,15H,5-8H2. The Balaban J connectivity index is 1.61. The van der Waals surface area contributed by atoms with Gasteiger partial charge in [-0.25, -0.2) is 17.5 Å². The van der Waals surface area contributed by atoms with E-state index in [9.17, 15) is 12.8 Å². The molecule has 1 aliphatic carbocycles. The maximum atomic E-state index is 13.5. The molecule has 2 aromatic rings. The maximum Gasteiger partial charge on any atom is 0.216 e. The van der Waals surface area contributed by atoms with Crippen molar-refractivity contribution in [3.63, 3.8) is 0 Å². The summed E-state index contributed by atoms with van der Waals surface area (Å²) in [5.41, 5.74) is 0.154. The predicted molar refractivity (Wildman–Crippen MR) is 77.7 cm³/mol. The molecule has 8 heteroatoms. The lowest BCUT2D eigenvalue weighted by Gasteiger charge is -2.05. The Morgan fingerprint density at radius 1 is 1.29 bits per heavy atom. The molecule has 1 fully saturated rings. The second kappa shape index (κ2) is 5.78. The van der Waals surface area contributed by atoms with Crippen LogP contribution in [0, 0.1) is 5.82 Å².